The van der Waals surface area contributed by atoms with Crippen LogP contribution in [0, 0.1) is 5.82 Å². The van der Waals surface area contributed by atoms with Crippen LogP contribution in [0.25, 0.3) is 0 Å². The molecule has 3 rings (SSSR count). The summed E-state index contributed by atoms with van der Waals surface area (Å²) in [4.78, 5) is 28.1. The molecular formula is C21H22ClFN2O3. The van der Waals surface area contributed by atoms with E-state index in [9.17, 15) is 14.0 Å². The van der Waals surface area contributed by atoms with Gasteiger partial charge in [-0.2, -0.15) is 0 Å². The van der Waals surface area contributed by atoms with Crippen molar-refractivity contribution in [3.63, 3.8) is 0 Å². The molecule has 148 valence electrons. The van der Waals surface area contributed by atoms with Crippen LogP contribution in [0.2, 0.25) is 5.02 Å². The highest BCUT2D eigenvalue weighted by Gasteiger charge is 2.22. The van der Waals surface area contributed by atoms with Crippen LogP contribution in [0.5, 0.6) is 5.75 Å². The number of hydrogen-bond acceptors (Lipinski definition) is 4. The molecule has 0 saturated carbocycles. The summed E-state index contributed by atoms with van der Waals surface area (Å²) in [6.45, 7) is 4.73. The molecule has 0 atom stereocenters. The minimum atomic E-state index is -0.513. The lowest BCUT2D eigenvalue weighted by Crippen LogP contribution is -2.49. The number of halogens is 2. The van der Waals surface area contributed by atoms with E-state index in [0.29, 0.717) is 18.1 Å². The van der Waals surface area contributed by atoms with Gasteiger partial charge < -0.3 is 9.64 Å². The second-order valence-corrected chi connectivity index (χ2v) is 7.21. The number of ether oxygens (including phenoxy) is 1. The zero-order chi connectivity index (χ0) is 20.1. The summed E-state index contributed by atoms with van der Waals surface area (Å²) in [5, 5.41) is 0.716. The molecule has 7 heteroatoms. The Morgan fingerprint density at radius 1 is 1.07 bits per heavy atom. The van der Waals surface area contributed by atoms with E-state index in [4.69, 9.17) is 16.3 Å². The molecule has 1 fully saturated rings. The van der Waals surface area contributed by atoms with Gasteiger partial charge in [0.2, 0.25) is 0 Å². The Balaban J connectivity index is 1.49. The van der Waals surface area contributed by atoms with Crippen LogP contribution in [-0.4, -0.2) is 54.3 Å². The normalized spacial score (nSPS) is 14.8. The molecule has 0 radical (unpaired) electrons. The van der Waals surface area contributed by atoms with Crippen molar-refractivity contribution < 1.29 is 18.7 Å². The molecule has 1 saturated heterocycles. The van der Waals surface area contributed by atoms with Gasteiger partial charge in [-0.25, -0.2) is 4.39 Å². The highest BCUT2D eigenvalue weighted by molar-refractivity contribution is 6.30. The minimum Gasteiger partial charge on any atom is -0.483 e. The summed E-state index contributed by atoms with van der Waals surface area (Å²) in [6, 6.07) is 11.5. The van der Waals surface area contributed by atoms with Gasteiger partial charge in [0.15, 0.2) is 12.4 Å². The van der Waals surface area contributed by atoms with Gasteiger partial charge in [-0.3, -0.25) is 14.5 Å². The number of amides is 1. The van der Waals surface area contributed by atoms with Gasteiger partial charge >= 0.3 is 0 Å². The maximum atomic E-state index is 13.3. The molecule has 2 aromatic rings. The van der Waals surface area contributed by atoms with Gasteiger partial charge in [-0.05, 0) is 42.8 Å². The molecule has 2 aromatic carbocycles. The number of piperazine rings is 1. The maximum absolute atomic E-state index is 13.3. The van der Waals surface area contributed by atoms with E-state index in [2.05, 4.69) is 4.90 Å². The van der Waals surface area contributed by atoms with Crippen LogP contribution in [0.3, 0.4) is 0 Å². The maximum Gasteiger partial charge on any atom is 0.260 e. The fourth-order valence-corrected chi connectivity index (χ4v) is 3.26. The average molecular weight is 405 g/mol. The molecule has 0 bridgehead atoms. The highest BCUT2D eigenvalue weighted by Crippen LogP contribution is 2.20. The molecule has 1 amide bonds. The number of ketones is 1. The van der Waals surface area contributed by atoms with E-state index in [0.717, 1.165) is 25.7 Å². The molecule has 5 nitrogen and oxygen atoms in total. The molecule has 1 aliphatic rings. The Morgan fingerprint density at radius 3 is 2.39 bits per heavy atom. The van der Waals surface area contributed by atoms with Crippen LogP contribution in [0.1, 0.15) is 22.8 Å². The Hall–Kier alpha value is -2.44. The van der Waals surface area contributed by atoms with Crippen molar-refractivity contribution >= 4 is 23.3 Å². The third-order valence-corrected chi connectivity index (χ3v) is 4.97. The van der Waals surface area contributed by atoms with Gasteiger partial charge in [-0.1, -0.05) is 23.7 Å². The number of carbonyl (C=O) groups excluding carboxylic acids is 2. The van der Waals surface area contributed by atoms with E-state index in [-0.39, 0.29) is 29.6 Å². The molecule has 28 heavy (non-hydrogen) atoms. The largest absolute Gasteiger partial charge is 0.483 e. The first kappa shape index (κ1) is 20.3. The zero-order valence-electron chi connectivity index (χ0n) is 15.7. The Labute approximate surface area is 168 Å². The third-order valence-electron chi connectivity index (χ3n) is 4.72. The summed E-state index contributed by atoms with van der Waals surface area (Å²) >= 11 is 5.91. The number of hydrogen-bond donors (Lipinski definition) is 0. The first-order valence-electron chi connectivity index (χ1n) is 9.10. The first-order chi connectivity index (χ1) is 13.4. The summed E-state index contributed by atoms with van der Waals surface area (Å²) in [7, 11) is 0. The van der Waals surface area contributed by atoms with Crippen LogP contribution >= 0.6 is 11.6 Å². The summed E-state index contributed by atoms with van der Waals surface area (Å²) in [5.41, 5.74) is 1.32. The van der Waals surface area contributed by atoms with Gasteiger partial charge in [0.1, 0.15) is 11.6 Å². The smallest absolute Gasteiger partial charge is 0.260 e. The molecule has 0 unspecified atom stereocenters. The minimum absolute atomic E-state index is 0.139. The second kappa shape index (κ2) is 9.17. The lowest BCUT2D eigenvalue weighted by Gasteiger charge is -2.34. The molecule has 0 spiro atoms. The van der Waals surface area contributed by atoms with E-state index < -0.39 is 5.82 Å². The van der Waals surface area contributed by atoms with Crippen LogP contribution in [0.15, 0.2) is 42.5 Å². The second-order valence-electron chi connectivity index (χ2n) is 6.77. The number of Topliss-reactive ketones (excluding diaryl/α,β-unsaturated/α-hetero) is 1. The van der Waals surface area contributed by atoms with Crippen LogP contribution in [-0.2, 0) is 11.3 Å². The SMILES string of the molecule is CC(=O)c1cc(F)ccc1OCC(=O)N1CCN(Cc2ccc(Cl)cc2)CC1. The van der Waals surface area contributed by atoms with E-state index >= 15 is 0 Å². The lowest BCUT2D eigenvalue weighted by atomic mass is 10.1. The number of rotatable bonds is 6. The average Bonchev–Trinajstić information content (AvgIpc) is 2.69. The summed E-state index contributed by atoms with van der Waals surface area (Å²) in [6.07, 6.45) is 0. The molecule has 1 heterocycles. The van der Waals surface area contributed by atoms with Gasteiger partial charge in [0.05, 0.1) is 5.56 Å². The van der Waals surface area contributed by atoms with Crippen molar-refractivity contribution in [1.82, 2.24) is 9.80 Å². The predicted molar refractivity (Wildman–Crippen MR) is 105 cm³/mol. The van der Waals surface area contributed by atoms with Crippen molar-refractivity contribution in [3.05, 3.63) is 64.4 Å². The van der Waals surface area contributed by atoms with Crippen LogP contribution in [0.4, 0.5) is 4.39 Å². The number of benzene rings is 2. The molecule has 0 N–H and O–H groups in total. The standard InChI is InChI=1S/C21H22ClFN2O3/c1-15(26)19-12-18(23)6-7-20(19)28-14-21(27)25-10-8-24(9-11-25)13-16-2-4-17(22)5-3-16/h2-7,12H,8-11,13-14H2,1H3. The first-order valence-corrected chi connectivity index (χ1v) is 9.48. The number of nitrogens with zero attached hydrogens (tertiary/aromatic N) is 2. The van der Waals surface area contributed by atoms with Crippen LogP contribution < -0.4 is 4.74 Å². The fourth-order valence-electron chi connectivity index (χ4n) is 3.14. The molecule has 0 aliphatic carbocycles. The van der Waals surface area contributed by atoms with E-state index in [1.54, 1.807) is 4.90 Å². The summed E-state index contributed by atoms with van der Waals surface area (Å²) in [5.74, 6) is -0.743. The highest BCUT2D eigenvalue weighted by atomic mass is 35.5. The quantitative estimate of drug-likeness (QED) is 0.692. The van der Waals surface area contributed by atoms with Crippen molar-refractivity contribution in [1.29, 1.82) is 0 Å². The van der Waals surface area contributed by atoms with E-state index in [1.165, 1.54) is 24.6 Å². The Morgan fingerprint density at radius 2 is 1.75 bits per heavy atom. The zero-order valence-corrected chi connectivity index (χ0v) is 16.4. The fraction of sp³-hybridized carbons (Fsp3) is 0.333. The van der Waals surface area contributed by atoms with E-state index in [1.807, 2.05) is 24.3 Å². The molecule has 1 aliphatic heterocycles. The van der Waals surface area contributed by atoms with Gasteiger partial charge in [0.25, 0.3) is 5.91 Å². The van der Waals surface area contributed by atoms with Crippen molar-refractivity contribution in [2.24, 2.45) is 0 Å². The monoisotopic (exact) mass is 404 g/mol. The van der Waals surface area contributed by atoms with Crippen molar-refractivity contribution in [2.45, 2.75) is 13.5 Å². The Kier molecular flexibility index (Phi) is 6.65. The van der Waals surface area contributed by atoms with Crippen molar-refractivity contribution in [3.8, 4) is 5.75 Å². The third kappa shape index (κ3) is 5.30. The summed E-state index contributed by atoms with van der Waals surface area (Å²) < 4.78 is 18.8. The lowest BCUT2D eigenvalue weighted by molar-refractivity contribution is -0.135. The topological polar surface area (TPSA) is 49.9 Å². The molecule has 0 aromatic heterocycles. The van der Waals surface area contributed by atoms with Gasteiger partial charge in [0, 0.05) is 37.7 Å². The predicted octanol–water partition coefficient (Wildman–Crippen LogP) is 3.40. The van der Waals surface area contributed by atoms with Crippen molar-refractivity contribution in [2.75, 3.05) is 32.8 Å². The number of carbonyl (C=O) groups is 2. The Bertz CT molecular complexity index is 849. The van der Waals surface area contributed by atoms with Gasteiger partial charge in [-0.15, -0.1) is 0 Å². The molecular weight excluding hydrogens is 383 g/mol.